The quantitative estimate of drug-likeness (QED) is 0.656. The predicted octanol–water partition coefficient (Wildman–Crippen LogP) is 1.95. The number of halogens is 2. The summed E-state index contributed by atoms with van der Waals surface area (Å²) < 4.78 is 26.7. The summed E-state index contributed by atoms with van der Waals surface area (Å²) in [5, 5.41) is 15.8. The van der Waals surface area contributed by atoms with E-state index >= 15 is 0 Å². The van der Waals surface area contributed by atoms with Crippen LogP contribution in [0.1, 0.15) is 19.3 Å². The molecule has 2 rings (SSSR count). The van der Waals surface area contributed by atoms with Gasteiger partial charge in [-0.3, -0.25) is 14.9 Å². The SMILES string of the molecule is O=C(Nc1cc([N+](=O)[O-])c(F)cc1F)C1CCCCN1. The molecule has 1 unspecified atom stereocenters. The molecule has 0 bridgehead atoms. The third-order valence-corrected chi connectivity index (χ3v) is 3.12. The van der Waals surface area contributed by atoms with Crippen LogP contribution in [0.5, 0.6) is 0 Å². The first-order valence-electron chi connectivity index (χ1n) is 6.16. The maximum absolute atomic E-state index is 13.5. The first-order chi connectivity index (χ1) is 9.49. The molecule has 6 nitrogen and oxygen atoms in total. The lowest BCUT2D eigenvalue weighted by molar-refractivity contribution is -0.387. The van der Waals surface area contributed by atoms with Crippen molar-refractivity contribution in [1.82, 2.24) is 5.32 Å². The van der Waals surface area contributed by atoms with E-state index < -0.39 is 39.9 Å². The Hall–Kier alpha value is -2.09. The van der Waals surface area contributed by atoms with Crippen molar-refractivity contribution in [3.05, 3.63) is 33.9 Å². The monoisotopic (exact) mass is 285 g/mol. The van der Waals surface area contributed by atoms with Crippen LogP contribution >= 0.6 is 0 Å². The Labute approximate surface area is 113 Å². The third kappa shape index (κ3) is 3.08. The Balaban J connectivity index is 2.18. The lowest BCUT2D eigenvalue weighted by Gasteiger charge is -2.22. The highest BCUT2D eigenvalue weighted by molar-refractivity contribution is 5.95. The van der Waals surface area contributed by atoms with Gasteiger partial charge in [0, 0.05) is 12.1 Å². The van der Waals surface area contributed by atoms with E-state index in [-0.39, 0.29) is 0 Å². The minimum absolute atomic E-state index is 0.391. The van der Waals surface area contributed by atoms with Crippen LogP contribution in [0.3, 0.4) is 0 Å². The van der Waals surface area contributed by atoms with Crippen LogP contribution in [0.2, 0.25) is 0 Å². The number of carbonyl (C=O) groups excluding carboxylic acids is 1. The van der Waals surface area contributed by atoms with Crippen molar-refractivity contribution in [3.63, 3.8) is 0 Å². The number of anilines is 1. The van der Waals surface area contributed by atoms with Gasteiger partial charge in [0.15, 0.2) is 0 Å². The number of carbonyl (C=O) groups is 1. The summed E-state index contributed by atoms with van der Waals surface area (Å²) in [6.45, 7) is 0.685. The van der Waals surface area contributed by atoms with Crippen molar-refractivity contribution in [3.8, 4) is 0 Å². The van der Waals surface area contributed by atoms with Crippen molar-refractivity contribution >= 4 is 17.3 Å². The van der Waals surface area contributed by atoms with Crippen LogP contribution in [-0.4, -0.2) is 23.4 Å². The van der Waals surface area contributed by atoms with Crippen LogP contribution in [-0.2, 0) is 4.79 Å². The molecule has 108 valence electrons. The summed E-state index contributed by atoms with van der Waals surface area (Å²) in [5.41, 5.74) is -1.27. The molecule has 1 aliphatic rings. The van der Waals surface area contributed by atoms with Crippen LogP contribution < -0.4 is 10.6 Å². The molecular weight excluding hydrogens is 272 g/mol. The normalized spacial score (nSPS) is 18.6. The molecule has 2 N–H and O–H groups in total. The summed E-state index contributed by atoms with van der Waals surface area (Å²) in [7, 11) is 0. The van der Waals surface area contributed by atoms with Crippen molar-refractivity contribution in [2.45, 2.75) is 25.3 Å². The Morgan fingerprint density at radius 2 is 2.10 bits per heavy atom. The summed E-state index contributed by atoms with van der Waals surface area (Å²) in [4.78, 5) is 21.5. The first-order valence-corrected chi connectivity index (χ1v) is 6.16. The highest BCUT2D eigenvalue weighted by Gasteiger charge is 2.24. The number of hydrogen-bond donors (Lipinski definition) is 2. The first kappa shape index (κ1) is 14.3. The van der Waals surface area contributed by atoms with Gasteiger partial charge in [0.05, 0.1) is 16.7 Å². The highest BCUT2D eigenvalue weighted by atomic mass is 19.1. The Kier molecular flexibility index (Phi) is 4.23. The summed E-state index contributed by atoms with van der Waals surface area (Å²) in [5.74, 6) is -2.80. The molecule has 0 saturated carbocycles. The van der Waals surface area contributed by atoms with E-state index in [1.54, 1.807) is 0 Å². The molecule has 1 fully saturated rings. The number of benzene rings is 1. The molecule has 8 heteroatoms. The molecule has 1 atom stereocenters. The third-order valence-electron chi connectivity index (χ3n) is 3.12. The van der Waals surface area contributed by atoms with Gasteiger partial charge in [-0.05, 0) is 19.4 Å². The van der Waals surface area contributed by atoms with Gasteiger partial charge in [0.1, 0.15) is 5.82 Å². The van der Waals surface area contributed by atoms with Gasteiger partial charge in [0.25, 0.3) is 0 Å². The number of nitro benzene ring substituents is 1. The van der Waals surface area contributed by atoms with E-state index in [1.165, 1.54) is 0 Å². The van der Waals surface area contributed by atoms with E-state index in [0.717, 1.165) is 12.8 Å². The van der Waals surface area contributed by atoms with Gasteiger partial charge >= 0.3 is 5.69 Å². The molecule has 1 aromatic rings. The lowest BCUT2D eigenvalue weighted by atomic mass is 10.0. The molecule has 0 radical (unpaired) electrons. The number of hydrogen-bond acceptors (Lipinski definition) is 4. The molecule has 1 saturated heterocycles. The maximum Gasteiger partial charge on any atom is 0.307 e. The predicted molar refractivity (Wildman–Crippen MR) is 67.3 cm³/mol. The number of nitro groups is 1. The Morgan fingerprint density at radius 3 is 2.70 bits per heavy atom. The van der Waals surface area contributed by atoms with E-state index in [1.807, 2.05) is 0 Å². The molecule has 1 aliphatic heterocycles. The lowest BCUT2D eigenvalue weighted by Crippen LogP contribution is -2.43. The van der Waals surface area contributed by atoms with Crippen LogP contribution in [0.15, 0.2) is 12.1 Å². The minimum Gasteiger partial charge on any atom is -0.322 e. The number of amides is 1. The molecule has 1 amide bonds. The fraction of sp³-hybridized carbons (Fsp3) is 0.417. The molecule has 0 spiro atoms. The van der Waals surface area contributed by atoms with Gasteiger partial charge in [0.2, 0.25) is 11.7 Å². The van der Waals surface area contributed by atoms with Gasteiger partial charge in [-0.1, -0.05) is 6.42 Å². The van der Waals surface area contributed by atoms with Crippen LogP contribution in [0.25, 0.3) is 0 Å². The second kappa shape index (κ2) is 5.91. The van der Waals surface area contributed by atoms with Gasteiger partial charge in [-0.2, -0.15) is 4.39 Å². The Bertz CT molecular complexity index is 545. The standard InChI is InChI=1S/C12H13F2N3O3/c13-7-5-8(14)11(17(19)20)6-10(7)16-12(18)9-3-1-2-4-15-9/h5-6,9,15H,1-4H2,(H,16,18). The highest BCUT2D eigenvalue weighted by Crippen LogP contribution is 2.25. The van der Waals surface area contributed by atoms with Crippen molar-refractivity contribution < 1.29 is 18.5 Å². The summed E-state index contributed by atoms with van der Waals surface area (Å²) >= 11 is 0. The van der Waals surface area contributed by atoms with E-state index in [4.69, 9.17) is 0 Å². The summed E-state index contributed by atoms with van der Waals surface area (Å²) in [6.07, 6.45) is 2.44. The number of rotatable bonds is 3. The average molecular weight is 285 g/mol. The van der Waals surface area contributed by atoms with Gasteiger partial charge in [-0.15, -0.1) is 0 Å². The molecule has 0 aliphatic carbocycles. The number of nitrogens with one attached hydrogen (secondary N) is 2. The topological polar surface area (TPSA) is 84.3 Å². The smallest absolute Gasteiger partial charge is 0.307 e. The van der Waals surface area contributed by atoms with E-state index in [9.17, 15) is 23.7 Å². The Morgan fingerprint density at radius 1 is 1.35 bits per heavy atom. The second-order valence-electron chi connectivity index (χ2n) is 4.53. The zero-order valence-corrected chi connectivity index (χ0v) is 10.5. The molecule has 1 heterocycles. The summed E-state index contributed by atoms with van der Waals surface area (Å²) in [6, 6.07) is 0.611. The fourth-order valence-electron chi connectivity index (χ4n) is 2.07. The fourth-order valence-corrected chi connectivity index (χ4v) is 2.07. The average Bonchev–Trinajstić information content (AvgIpc) is 2.42. The molecule has 0 aromatic heterocycles. The molecule has 1 aromatic carbocycles. The number of piperidine rings is 1. The van der Waals surface area contributed by atoms with E-state index in [0.29, 0.717) is 25.1 Å². The molecule has 20 heavy (non-hydrogen) atoms. The second-order valence-corrected chi connectivity index (χ2v) is 4.53. The number of nitrogens with zero attached hydrogens (tertiary/aromatic N) is 1. The van der Waals surface area contributed by atoms with Gasteiger partial charge < -0.3 is 10.6 Å². The van der Waals surface area contributed by atoms with Crippen LogP contribution in [0.4, 0.5) is 20.2 Å². The zero-order chi connectivity index (χ0) is 14.7. The maximum atomic E-state index is 13.5. The van der Waals surface area contributed by atoms with E-state index in [2.05, 4.69) is 10.6 Å². The van der Waals surface area contributed by atoms with Gasteiger partial charge in [-0.25, -0.2) is 4.39 Å². The largest absolute Gasteiger partial charge is 0.322 e. The van der Waals surface area contributed by atoms with Crippen molar-refractivity contribution in [2.75, 3.05) is 11.9 Å². The van der Waals surface area contributed by atoms with Crippen molar-refractivity contribution in [2.24, 2.45) is 0 Å². The van der Waals surface area contributed by atoms with Crippen molar-refractivity contribution in [1.29, 1.82) is 0 Å². The zero-order valence-electron chi connectivity index (χ0n) is 10.5. The molecular formula is C12H13F2N3O3. The minimum atomic E-state index is -1.28. The van der Waals surface area contributed by atoms with Crippen LogP contribution in [0, 0.1) is 21.7 Å².